The zero-order valence-electron chi connectivity index (χ0n) is 4.52. The molecule has 0 bridgehead atoms. The Morgan fingerprint density at radius 2 is 2.29 bits per heavy atom. The van der Waals surface area contributed by atoms with Crippen molar-refractivity contribution >= 4 is 0 Å². The maximum atomic E-state index is 3.80. The van der Waals surface area contributed by atoms with E-state index >= 15 is 0 Å². The van der Waals surface area contributed by atoms with Gasteiger partial charge in [-0.05, 0) is 25.0 Å². The van der Waals surface area contributed by atoms with Crippen LogP contribution in [0.2, 0.25) is 0 Å². The van der Waals surface area contributed by atoms with E-state index in [9.17, 15) is 0 Å². The van der Waals surface area contributed by atoms with Crippen LogP contribution < -0.4 is 5.32 Å². The normalized spacial score (nSPS) is 18.0. The highest BCUT2D eigenvalue weighted by molar-refractivity contribution is 5.28. The fraction of sp³-hybridized carbons (Fsp3) is 0.333. The Hall–Kier alpha value is -0.720. The molecule has 0 aromatic rings. The monoisotopic (exact) mass is 93.1 g/mol. The summed E-state index contributed by atoms with van der Waals surface area (Å²) < 4.78 is 0. The van der Waals surface area contributed by atoms with E-state index in [2.05, 4.69) is 11.5 Å². The second kappa shape index (κ2) is 1.41. The summed E-state index contributed by atoms with van der Waals surface area (Å²) in [5.41, 5.74) is 2.38. The van der Waals surface area contributed by atoms with Gasteiger partial charge >= 0.3 is 0 Å². The third-order valence-corrected chi connectivity index (χ3v) is 1.08. The van der Waals surface area contributed by atoms with Crippen molar-refractivity contribution in [3.8, 4) is 0 Å². The van der Waals surface area contributed by atoms with Crippen LogP contribution in [0.15, 0.2) is 17.3 Å². The van der Waals surface area contributed by atoms with Crippen molar-refractivity contribution in [3.05, 3.63) is 23.5 Å². The van der Waals surface area contributed by atoms with Gasteiger partial charge in [-0.2, -0.15) is 0 Å². The molecule has 0 spiro atoms. The van der Waals surface area contributed by atoms with Crippen LogP contribution in [0.25, 0.3) is 0 Å². The Labute approximate surface area is 43.7 Å². The molecule has 36 valence electrons. The van der Waals surface area contributed by atoms with Crippen molar-refractivity contribution in [2.45, 2.75) is 13.8 Å². The molecule has 1 rings (SSSR count). The second-order valence-electron chi connectivity index (χ2n) is 1.68. The largest absolute Gasteiger partial charge is 0.254 e. The number of hydrogen-bond acceptors (Lipinski definition) is 0. The molecule has 0 fully saturated rings. The molecule has 7 heavy (non-hydrogen) atoms. The number of hydrogen-bond donors (Lipinski definition) is 0. The average molecular weight is 93.1 g/mol. The lowest BCUT2D eigenvalue weighted by Gasteiger charge is -1.84. The molecular weight excluding hydrogens is 86.1 g/mol. The van der Waals surface area contributed by atoms with Gasteiger partial charge in [0.15, 0.2) is 0 Å². The summed E-state index contributed by atoms with van der Waals surface area (Å²) in [7, 11) is 0. The Morgan fingerprint density at radius 1 is 1.57 bits per heavy atom. The highest BCUT2D eigenvalue weighted by Gasteiger charge is 1.97. The fourth-order valence-corrected chi connectivity index (χ4v) is 0.411. The maximum Gasteiger partial charge on any atom is 0.0921 e. The molecule has 1 heterocycles. The molecule has 0 aliphatic carbocycles. The standard InChI is InChI=1S/C6H7N/c1-5-3-7-4-6(5)2/h3H,1-2H3. The van der Waals surface area contributed by atoms with E-state index in [4.69, 9.17) is 0 Å². The zero-order chi connectivity index (χ0) is 5.28. The Balaban J connectivity index is 2.78. The van der Waals surface area contributed by atoms with Crippen LogP contribution in [-0.2, 0) is 0 Å². The van der Waals surface area contributed by atoms with Gasteiger partial charge in [-0.15, -0.1) is 0 Å². The highest BCUT2D eigenvalue weighted by atomic mass is 14.8. The first kappa shape index (κ1) is 4.44. The van der Waals surface area contributed by atoms with Crippen molar-refractivity contribution in [1.29, 1.82) is 0 Å². The van der Waals surface area contributed by atoms with Crippen LogP contribution in [0.5, 0.6) is 0 Å². The van der Waals surface area contributed by atoms with Gasteiger partial charge < -0.3 is 0 Å². The first-order chi connectivity index (χ1) is 3.30. The van der Waals surface area contributed by atoms with Crippen molar-refractivity contribution in [1.82, 2.24) is 5.32 Å². The van der Waals surface area contributed by atoms with Gasteiger partial charge in [0.05, 0.1) is 6.20 Å². The molecule has 1 nitrogen and oxygen atoms in total. The molecule has 0 amide bonds. The van der Waals surface area contributed by atoms with Gasteiger partial charge in [0.25, 0.3) is 0 Å². The minimum absolute atomic E-state index is 1.15. The number of nitrogens with zero attached hydrogens (tertiary/aromatic N) is 1. The van der Waals surface area contributed by atoms with E-state index in [1.807, 2.05) is 20.0 Å². The Bertz CT molecular complexity index is 115. The highest BCUT2D eigenvalue weighted by Crippen LogP contribution is 2.09. The third-order valence-electron chi connectivity index (χ3n) is 1.08. The quantitative estimate of drug-likeness (QED) is 0.427. The maximum absolute atomic E-state index is 3.80. The van der Waals surface area contributed by atoms with Gasteiger partial charge in [0.1, 0.15) is 0 Å². The first-order valence-corrected chi connectivity index (χ1v) is 2.27. The molecule has 1 aliphatic rings. The molecule has 0 atom stereocenters. The summed E-state index contributed by atoms with van der Waals surface area (Å²) in [4.78, 5) is 0. The smallest absolute Gasteiger partial charge is 0.0921 e. The second-order valence-corrected chi connectivity index (χ2v) is 1.68. The predicted molar refractivity (Wildman–Crippen MR) is 28.3 cm³/mol. The molecule has 0 saturated carbocycles. The molecule has 0 saturated heterocycles. The molecule has 0 aromatic carbocycles. The van der Waals surface area contributed by atoms with Crippen molar-refractivity contribution in [2.24, 2.45) is 0 Å². The van der Waals surface area contributed by atoms with Gasteiger partial charge in [-0.25, -0.2) is 0 Å². The molecule has 2 radical (unpaired) electrons. The number of rotatable bonds is 0. The summed E-state index contributed by atoms with van der Waals surface area (Å²) in [5, 5.41) is 3.80. The first-order valence-electron chi connectivity index (χ1n) is 2.27. The summed E-state index contributed by atoms with van der Waals surface area (Å²) in [6.07, 6.45) is 4.63. The lowest BCUT2D eigenvalue weighted by Crippen LogP contribution is -1.72. The topological polar surface area (TPSA) is 14.1 Å². The summed E-state index contributed by atoms with van der Waals surface area (Å²) in [6, 6.07) is 0. The van der Waals surface area contributed by atoms with Crippen LogP contribution in [-0.4, -0.2) is 0 Å². The van der Waals surface area contributed by atoms with E-state index in [0.29, 0.717) is 0 Å². The van der Waals surface area contributed by atoms with Gasteiger partial charge in [0.2, 0.25) is 0 Å². The van der Waals surface area contributed by atoms with Gasteiger partial charge in [-0.3, -0.25) is 5.32 Å². The molecule has 0 aromatic heterocycles. The van der Waals surface area contributed by atoms with Crippen LogP contribution in [0, 0.1) is 6.20 Å². The van der Waals surface area contributed by atoms with E-state index < -0.39 is 0 Å². The van der Waals surface area contributed by atoms with Crippen LogP contribution in [0.4, 0.5) is 0 Å². The third kappa shape index (κ3) is 0.660. The molecule has 0 N–H and O–H groups in total. The molecule has 1 aliphatic heterocycles. The van der Waals surface area contributed by atoms with Gasteiger partial charge in [-0.1, -0.05) is 0 Å². The van der Waals surface area contributed by atoms with Gasteiger partial charge in [0, 0.05) is 6.20 Å². The Kier molecular flexibility index (Phi) is 0.895. The molecule has 0 unspecified atom stereocenters. The van der Waals surface area contributed by atoms with Crippen molar-refractivity contribution in [2.75, 3.05) is 0 Å². The van der Waals surface area contributed by atoms with Crippen LogP contribution in [0.3, 0.4) is 0 Å². The summed E-state index contributed by atoms with van der Waals surface area (Å²) in [6.45, 7) is 4.03. The summed E-state index contributed by atoms with van der Waals surface area (Å²) in [5.74, 6) is 0. The molecular formula is C6H7N. The van der Waals surface area contributed by atoms with Crippen LogP contribution >= 0.6 is 0 Å². The number of allylic oxidation sites excluding steroid dienone is 2. The minimum Gasteiger partial charge on any atom is -0.254 e. The Morgan fingerprint density at radius 3 is 2.43 bits per heavy atom. The van der Waals surface area contributed by atoms with E-state index in [1.165, 1.54) is 5.57 Å². The SMILES string of the molecule is CC1=[C][N]C=C1C. The lowest BCUT2D eigenvalue weighted by molar-refractivity contribution is 1.15. The molecule has 1 heteroatoms. The predicted octanol–water partition coefficient (Wildman–Crippen LogP) is 1.22. The van der Waals surface area contributed by atoms with E-state index in [-0.39, 0.29) is 0 Å². The summed E-state index contributed by atoms with van der Waals surface area (Å²) >= 11 is 0. The van der Waals surface area contributed by atoms with Crippen molar-refractivity contribution in [3.63, 3.8) is 0 Å². The van der Waals surface area contributed by atoms with Crippen LogP contribution in [0.1, 0.15) is 13.8 Å². The fourth-order valence-electron chi connectivity index (χ4n) is 0.411. The lowest BCUT2D eigenvalue weighted by atomic mass is 10.2. The zero-order valence-corrected chi connectivity index (χ0v) is 4.52. The minimum atomic E-state index is 1.15. The van der Waals surface area contributed by atoms with E-state index in [0.717, 1.165) is 5.57 Å². The van der Waals surface area contributed by atoms with E-state index in [1.54, 1.807) is 0 Å². The van der Waals surface area contributed by atoms with Crippen molar-refractivity contribution < 1.29 is 0 Å². The average Bonchev–Trinajstić information content (AvgIpc) is 1.91.